The molecule has 2 aromatic rings. The normalized spacial score (nSPS) is 9.83. The number of halogens is 2. The topological polar surface area (TPSA) is 58.8 Å². The largest absolute Gasteiger partial charge is 0.487 e. The Morgan fingerprint density at radius 1 is 1.28 bits per heavy atom. The van der Waals surface area contributed by atoms with Crippen molar-refractivity contribution in [2.24, 2.45) is 0 Å². The van der Waals surface area contributed by atoms with E-state index in [2.05, 4.69) is 10.2 Å². The van der Waals surface area contributed by atoms with Crippen LogP contribution in [0.1, 0.15) is 11.3 Å². The third kappa shape index (κ3) is 2.93. The fourth-order valence-electron chi connectivity index (χ4n) is 1.25. The van der Waals surface area contributed by atoms with Gasteiger partial charge < -0.3 is 4.74 Å². The Balaban J connectivity index is 2.04. The Bertz CT molecular complexity index is 595. The molecular formula is C12H7ClFN3O. The summed E-state index contributed by atoms with van der Waals surface area (Å²) in [5.41, 5.74) is 0.554. The third-order valence-corrected chi connectivity index (χ3v) is 2.34. The van der Waals surface area contributed by atoms with Gasteiger partial charge in [0.05, 0.1) is 5.56 Å². The number of nitriles is 1. The maximum atomic E-state index is 13.3. The lowest BCUT2D eigenvalue weighted by Gasteiger charge is -2.05. The van der Waals surface area contributed by atoms with Gasteiger partial charge in [-0.15, -0.1) is 5.10 Å². The van der Waals surface area contributed by atoms with Gasteiger partial charge in [0.25, 0.3) is 0 Å². The molecule has 6 heteroatoms. The summed E-state index contributed by atoms with van der Waals surface area (Å²) in [6.45, 7) is 0.148. The van der Waals surface area contributed by atoms with Crippen LogP contribution in [0.5, 0.6) is 5.75 Å². The molecule has 0 saturated carbocycles. The number of benzene rings is 1. The maximum Gasteiger partial charge on any atom is 0.151 e. The van der Waals surface area contributed by atoms with E-state index in [1.54, 1.807) is 18.2 Å². The van der Waals surface area contributed by atoms with E-state index in [4.69, 9.17) is 21.6 Å². The first-order valence-corrected chi connectivity index (χ1v) is 5.37. The molecule has 90 valence electrons. The predicted molar refractivity (Wildman–Crippen MR) is 62.5 cm³/mol. The smallest absolute Gasteiger partial charge is 0.151 e. The second-order valence-corrected chi connectivity index (χ2v) is 3.78. The van der Waals surface area contributed by atoms with Crippen LogP contribution in [-0.2, 0) is 6.61 Å². The lowest BCUT2D eigenvalue weighted by molar-refractivity contribution is 0.298. The monoisotopic (exact) mass is 263 g/mol. The van der Waals surface area contributed by atoms with E-state index in [1.807, 2.05) is 0 Å². The van der Waals surface area contributed by atoms with Crippen molar-refractivity contribution in [1.29, 1.82) is 5.26 Å². The molecule has 0 saturated heterocycles. The van der Waals surface area contributed by atoms with Crippen LogP contribution < -0.4 is 4.74 Å². The van der Waals surface area contributed by atoms with Gasteiger partial charge in [0.15, 0.2) is 5.15 Å². The predicted octanol–water partition coefficient (Wildman–Crippen LogP) is 2.72. The summed E-state index contributed by atoms with van der Waals surface area (Å²) in [7, 11) is 0. The molecule has 0 amide bonds. The number of ether oxygens (including phenoxy) is 1. The van der Waals surface area contributed by atoms with E-state index >= 15 is 0 Å². The molecule has 0 aliphatic heterocycles. The van der Waals surface area contributed by atoms with Crippen LogP contribution in [0.4, 0.5) is 4.39 Å². The summed E-state index contributed by atoms with van der Waals surface area (Å²) in [5.74, 6) is -0.291. The van der Waals surface area contributed by atoms with E-state index in [9.17, 15) is 4.39 Å². The average Bonchev–Trinajstić information content (AvgIpc) is 2.38. The molecule has 0 fully saturated rings. The van der Waals surface area contributed by atoms with Crippen molar-refractivity contribution in [3.63, 3.8) is 0 Å². The van der Waals surface area contributed by atoms with E-state index in [-0.39, 0.29) is 12.2 Å². The highest BCUT2D eigenvalue weighted by Gasteiger charge is 2.04. The summed E-state index contributed by atoms with van der Waals surface area (Å²) < 4.78 is 18.6. The maximum absolute atomic E-state index is 13.3. The van der Waals surface area contributed by atoms with Crippen molar-refractivity contribution >= 4 is 11.6 Å². The molecule has 0 atom stereocenters. The first-order chi connectivity index (χ1) is 8.69. The zero-order chi connectivity index (χ0) is 13.0. The third-order valence-electron chi connectivity index (χ3n) is 2.13. The summed E-state index contributed by atoms with van der Waals surface area (Å²) >= 11 is 5.59. The number of hydrogen-bond donors (Lipinski definition) is 0. The molecule has 0 bridgehead atoms. The Hall–Kier alpha value is -2.19. The van der Waals surface area contributed by atoms with Crippen molar-refractivity contribution in [3.05, 3.63) is 52.6 Å². The van der Waals surface area contributed by atoms with Crippen molar-refractivity contribution in [2.45, 2.75) is 6.61 Å². The second kappa shape index (κ2) is 5.43. The van der Waals surface area contributed by atoms with Crippen molar-refractivity contribution < 1.29 is 9.13 Å². The van der Waals surface area contributed by atoms with Crippen molar-refractivity contribution in [2.75, 3.05) is 0 Å². The molecule has 0 aliphatic rings. The molecule has 18 heavy (non-hydrogen) atoms. The number of nitrogens with zero attached hydrogens (tertiary/aromatic N) is 3. The minimum Gasteiger partial charge on any atom is -0.487 e. The van der Waals surface area contributed by atoms with Gasteiger partial charge in [-0.25, -0.2) is 4.39 Å². The first kappa shape index (κ1) is 12.3. The SMILES string of the molecule is N#Cc1ccc(OCc2ccc(Cl)nn2)cc1F. The highest BCUT2D eigenvalue weighted by Crippen LogP contribution is 2.17. The van der Waals surface area contributed by atoms with Crippen LogP contribution in [0.15, 0.2) is 30.3 Å². The fourth-order valence-corrected chi connectivity index (χ4v) is 1.35. The zero-order valence-corrected chi connectivity index (χ0v) is 9.86. The lowest BCUT2D eigenvalue weighted by atomic mass is 10.2. The quantitative estimate of drug-likeness (QED) is 0.854. The minimum absolute atomic E-state index is 0.0198. The highest BCUT2D eigenvalue weighted by atomic mass is 35.5. The van der Waals surface area contributed by atoms with E-state index in [0.29, 0.717) is 16.6 Å². The summed E-state index contributed by atoms with van der Waals surface area (Å²) in [6.07, 6.45) is 0. The van der Waals surface area contributed by atoms with Gasteiger partial charge >= 0.3 is 0 Å². The Labute approximate surface area is 108 Å². The molecule has 0 aliphatic carbocycles. The molecule has 4 nitrogen and oxygen atoms in total. The summed E-state index contributed by atoms with van der Waals surface area (Å²) in [6, 6.07) is 9.02. The minimum atomic E-state index is -0.614. The lowest BCUT2D eigenvalue weighted by Crippen LogP contribution is -2.00. The van der Waals surface area contributed by atoms with Gasteiger partial charge in [0, 0.05) is 6.07 Å². The fraction of sp³-hybridized carbons (Fsp3) is 0.0833. The molecule has 0 unspecified atom stereocenters. The number of hydrogen-bond acceptors (Lipinski definition) is 4. The molecule has 2 rings (SSSR count). The number of rotatable bonds is 3. The van der Waals surface area contributed by atoms with Gasteiger partial charge in [0.1, 0.15) is 29.9 Å². The van der Waals surface area contributed by atoms with Crippen LogP contribution in [0.25, 0.3) is 0 Å². The molecule has 0 N–H and O–H groups in total. The summed E-state index contributed by atoms with van der Waals surface area (Å²) in [5, 5.41) is 16.3. The second-order valence-electron chi connectivity index (χ2n) is 3.39. The molecular weight excluding hydrogens is 257 g/mol. The van der Waals surface area contributed by atoms with Crippen molar-refractivity contribution in [1.82, 2.24) is 10.2 Å². The van der Waals surface area contributed by atoms with Gasteiger partial charge in [-0.2, -0.15) is 10.4 Å². The van der Waals surface area contributed by atoms with E-state index < -0.39 is 5.82 Å². The van der Waals surface area contributed by atoms with Gasteiger partial charge in [-0.05, 0) is 24.3 Å². The van der Waals surface area contributed by atoms with Crippen LogP contribution in [0, 0.1) is 17.1 Å². The highest BCUT2D eigenvalue weighted by molar-refractivity contribution is 6.29. The van der Waals surface area contributed by atoms with Crippen LogP contribution in [0.3, 0.4) is 0 Å². The Kier molecular flexibility index (Phi) is 3.70. The first-order valence-electron chi connectivity index (χ1n) is 4.99. The van der Waals surface area contributed by atoms with E-state index in [1.165, 1.54) is 12.1 Å². The van der Waals surface area contributed by atoms with Crippen molar-refractivity contribution in [3.8, 4) is 11.8 Å². The van der Waals surface area contributed by atoms with Gasteiger partial charge in [0.2, 0.25) is 0 Å². The summed E-state index contributed by atoms with van der Waals surface area (Å²) in [4.78, 5) is 0. The Morgan fingerprint density at radius 3 is 2.72 bits per heavy atom. The molecule has 1 heterocycles. The molecule has 1 aromatic heterocycles. The zero-order valence-electron chi connectivity index (χ0n) is 9.10. The average molecular weight is 264 g/mol. The molecule has 0 radical (unpaired) electrons. The van der Waals surface area contributed by atoms with Gasteiger partial charge in [-0.1, -0.05) is 11.6 Å². The van der Waals surface area contributed by atoms with Crippen LogP contribution in [0.2, 0.25) is 5.15 Å². The molecule has 1 aromatic carbocycles. The van der Waals surface area contributed by atoms with Crippen LogP contribution in [-0.4, -0.2) is 10.2 Å². The van der Waals surface area contributed by atoms with Gasteiger partial charge in [-0.3, -0.25) is 0 Å². The van der Waals surface area contributed by atoms with Crippen LogP contribution >= 0.6 is 11.6 Å². The standard InChI is InChI=1S/C12H7ClFN3O/c13-12-4-2-9(16-17-12)7-18-10-3-1-8(6-15)11(14)5-10/h1-5H,7H2. The van der Waals surface area contributed by atoms with E-state index in [0.717, 1.165) is 6.07 Å². The molecule has 0 spiro atoms. The number of aromatic nitrogens is 2. The Morgan fingerprint density at radius 2 is 2.11 bits per heavy atom.